The maximum absolute atomic E-state index is 11.3. The number of carboxylic acid groups (broad SMARTS) is 1. The van der Waals surface area contributed by atoms with Crippen LogP contribution in [0.5, 0.6) is 0 Å². The van der Waals surface area contributed by atoms with Gasteiger partial charge in [0.25, 0.3) is 0 Å². The lowest BCUT2D eigenvalue weighted by Gasteiger charge is -2.30. The summed E-state index contributed by atoms with van der Waals surface area (Å²) in [6.07, 6.45) is 0. The summed E-state index contributed by atoms with van der Waals surface area (Å²) in [5.74, 6) is -0.820. The molecular formula is C12H12N2O3S. The third kappa shape index (κ3) is 1.60. The number of thiophene rings is 1. The average molecular weight is 264 g/mol. The fraction of sp³-hybridized carbons (Fsp3) is 0.333. The Hall–Kier alpha value is -1.82. The Morgan fingerprint density at radius 3 is 2.83 bits per heavy atom. The van der Waals surface area contributed by atoms with Gasteiger partial charge >= 0.3 is 5.97 Å². The predicted molar refractivity (Wildman–Crippen MR) is 66.4 cm³/mol. The van der Waals surface area contributed by atoms with Crippen LogP contribution in [-0.2, 0) is 4.79 Å². The van der Waals surface area contributed by atoms with Crippen molar-refractivity contribution < 1.29 is 14.7 Å². The first-order valence-corrected chi connectivity index (χ1v) is 6.45. The molecule has 1 unspecified atom stereocenters. The first-order valence-electron chi connectivity index (χ1n) is 5.63. The first-order chi connectivity index (χ1) is 8.56. The number of carbonyl (C=O) groups excluding carboxylic acids is 1. The molecule has 1 aromatic heterocycles. The fourth-order valence-electron chi connectivity index (χ4n) is 2.33. The summed E-state index contributed by atoms with van der Waals surface area (Å²) in [7, 11) is 0. The van der Waals surface area contributed by atoms with Crippen molar-refractivity contribution in [1.82, 2.24) is 10.2 Å². The van der Waals surface area contributed by atoms with Gasteiger partial charge in [0, 0.05) is 24.0 Å². The van der Waals surface area contributed by atoms with Crippen LogP contribution in [0.15, 0.2) is 23.4 Å². The van der Waals surface area contributed by atoms with E-state index in [4.69, 9.17) is 5.11 Å². The highest BCUT2D eigenvalue weighted by molar-refractivity contribution is 7.14. The maximum atomic E-state index is 11.3. The zero-order valence-corrected chi connectivity index (χ0v) is 10.6. The van der Waals surface area contributed by atoms with Gasteiger partial charge in [0.2, 0.25) is 5.91 Å². The number of carboxylic acids is 1. The highest BCUT2D eigenvalue weighted by atomic mass is 32.1. The van der Waals surface area contributed by atoms with Crippen LogP contribution in [0.1, 0.15) is 27.5 Å². The molecule has 0 fully saturated rings. The Kier molecular flexibility index (Phi) is 2.41. The van der Waals surface area contributed by atoms with Gasteiger partial charge in [-0.05, 0) is 17.7 Å². The van der Waals surface area contributed by atoms with E-state index in [0.717, 1.165) is 10.6 Å². The van der Waals surface area contributed by atoms with Crippen molar-refractivity contribution in [2.24, 2.45) is 0 Å². The maximum Gasteiger partial charge on any atom is 0.345 e. The molecule has 2 N–H and O–H groups in total. The van der Waals surface area contributed by atoms with E-state index in [1.165, 1.54) is 16.9 Å². The van der Waals surface area contributed by atoms with Crippen molar-refractivity contribution in [3.8, 4) is 0 Å². The molecule has 18 heavy (non-hydrogen) atoms. The summed E-state index contributed by atoms with van der Waals surface area (Å²) < 4.78 is 0. The summed E-state index contributed by atoms with van der Waals surface area (Å²) in [5, 5.41) is 12.2. The van der Waals surface area contributed by atoms with Gasteiger partial charge in [-0.25, -0.2) is 4.79 Å². The minimum Gasteiger partial charge on any atom is -0.477 e. The Labute approximate surface area is 108 Å². The van der Waals surface area contributed by atoms with Crippen LogP contribution < -0.4 is 5.32 Å². The Morgan fingerprint density at radius 1 is 1.44 bits per heavy atom. The Bertz CT molecular complexity index is 576. The predicted octanol–water partition coefficient (Wildman–Crippen LogP) is 1.21. The number of rotatable bonds is 2. The van der Waals surface area contributed by atoms with Gasteiger partial charge in [0.15, 0.2) is 0 Å². The molecule has 2 aliphatic heterocycles. The molecule has 94 valence electrons. The second-order valence-corrected chi connectivity index (χ2v) is 5.58. The molecule has 0 bridgehead atoms. The van der Waals surface area contributed by atoms with Crippen LogP contribution >= 0.6 is 11.3 Å². The monoisotopic (exact) mass is 264 g/mol. The Balaban J connectivity index is 1.77. The number of nitrogens with one attached hydrogen (secondary N) is 1. The van der Waals surface area contributed by atoms with Crippen molar-refractivity contribution in [2.75, 3.05) is 13.1 Å². The highest BCUT2D eigenvalue weighted by Crippen LogP contribution is 2.40. The zero-order chi connectivity index (χ0) is 12.9. The number of carbonyl (C=O) groups is 2. The van der Waals surface area contributed by atoms with E-state index in [-0.39, 0.29) is 11.9 Å². The summed E-state index contributed by atoms with van der Waals surface area (Å²) >= 11 is 1.28. The number of amides is 1. The van der Waals surface area contributed by atoms with Gasteiger partial charge in [-0.15, -0.1) is 11.3 Å². The van der Waals surface area contributed by atoms with E-state index in [0.29, 0.717) is 18.0 Å². The Morgan fingerprint density at radius 2 is 2.22 bits per heavy atom. The third-order valence-electron chi connectivity index (χ3n) is 3.33. The summed E-state index contributed by atoms with van der Waals surface area (Å²) in [5.41, 5.74) is 2.32. The molecule has 3 heterocycles. The fourth-order valence-corrected chi connectivity index (χ4v) is 3.26. The van der Waals surface area contributed by atoms with Gasteiger partial charge in [-0.3, -0.25) is 4.79 Å². The molecule has 0 radical (unpaired) electrons. The molecule has 3 rings (SSSR count). The van der Waals surface area contributed by atoms with Crippen LogP contribution in [0.2, 0.25) is 0 Å². The largest absolute Gasteiger partial charge is 0.477 e. The molecule has 0 aliphatic carbocycles. The van der Waals surface area contributed by atoms with Crippen molar-refractivity contribution in [3.63, 3.8) is 0 Å². The molecule has 1 aromatic rings. The average Bonchev–Trinajstić information content (AvgIpc) is 2.86. The molecule has 1 amide bonds. The van der Waals surface area contributed by atoms with Gasteiger partial charge < -0.3 is 15.3 Å². The number of aromatic carboxylic acids is 1. The summed E-state index contributed by atoms with van der Waals surface area (Å²) in [4.78, 5) is 25.3. The molecule has 2 aliphatic rings. The second kappa shape index (κ2) is 3.84. The van der Waals surface area contributed by atoms with E-state index < -0.39 is 5.97 Å². The van der Waals surface area contributed by atoms with Gasteiger partial charge in [0.1, 0.15) is 4.88 Å². The van der Waals surface area contributed by atoms with Crippen LogP contribution in [0.3, 0.4) is 0 Å². The molecule has 5 nitrogen and oxygen atoms in total. The molecule has 1 atom stereocenters. The second-order valence-electron chi connectivity index (χ2n) is 4.46. The van der Waals surface area contributed by atoms with E-state index >= 15 is 0 Å². The lowest BCUT2D eigenvalue weighted by molar-refractivity contribution is -0.127. The molecule has 0 aromatic carbocycles. The third-order valence-corrected chi connectivity index (χ3v) is 4.47. The minimum atomic E-state index is -0.892. The lowest BCUT2D eigenvalue weighted by Crippen LogP contribution is -2.33. The quantitative estimate of drug-likeness (QED) is 0.842. The number of hydrogen-bond donors (Lipinski definition) is 2. The number of hydrogen-bond acceptors (Lipinski definition) is 4. The SMILES string of the molecule is CC(=O)N1CC2=C(C1)C(c1ccc(C(=O)O)s1)N2. The summed E-state index contributed by atoms with van der Waals surface area (Å²) in [6.45, 7) is 2.87. The lowest BCUT2D eigenvalue weighted by atomic mass is 9.98. The normalized spacial score (nSPS) is 21.4. The van der Waals surface area contributed by atoms with Crippen LogP contribution in [-0.4, -0.2) is 35.0 Å². The topological polar surface area (TPSA) is 69.6 Å². The number of nitrogens with zero attached hydrogens (tertiary/aromatic N) is 1. The smallest absolute Gasteiger partial charge is 0.345 e. The molecule has 6 heteroatoms. The van der Waals surface area contributed by atoms with Gasteiger partial charge in [-0.2, -0.15) is 0 Å². The van der Waals surface area contributed by atoms with Crippen molar-refractivity contribution in [1.29, 1.82) is 0 Å². The van der Waals surface area contributed by atoms with Gasteiger partial charge in [0.05, 0.1) is 12.6 Å². The van der Waals surface area contributed by atoms with E-state index in [2.05, 4.69) is 5.32 Å². The van der Waals surface area contributed by atoms with E-state index in [1.807, 2.05) is 6.07 Å². The standard InChI is InChI=1S/C12H12N2O3S/c1-6(15)14-4-7-8(5-14)13-11(7)9-2-3-10(18-9)12(16)17/h2-3,11,13H,4-5H2,1H3,(H,16,17). The molecular weight excluding hydrogens is 252 g/mol. The van der Waals surface area contributed by atoms with E-state index in [9.17, 15) is 9.59 Å². The van der Waals surface area contributed by atoms with Crippen molar-refractivity contribution >= 4 is 23.2 Å². The van der Waals surface area contributed by atoms with E-state index in [1.54, 1.807) is 17.9 Å². The van der Waals surface area contributed by atoms with Crippen molar-refractivity contribution in [2.45, 2.75) is 13.0 Å². The van der Waals surface area contributed by atoms with Gasteiger partial charge in [-0.1, -0.05) is 0 Å². The van der Waals surface area contributed by atoms with Crippen molar-refractivity contribution in [3.05, 3.63) is 33.2 Å². The van der Waals surface area contributed by atoms with Crippen LogP contribution in [0.25, 0.3) is 0 Å². The first kappa shape index (κ1) is 11.3. The van der Waals surface area contributed by atoms with Crippen LogP contribution in [0, 0.1) is 0 Å². The molecule has 0 saturated carbocycles. The molecule has 0 saturated heterocycles. The molecule has 0 spiro atoms. The highest BCUT2D eigenvalue weighted by Gasteiger charge is 2.38. The minimum absolute atomic E-state index is 0.0716. The summed E-state index contributed by atoms with van der Waals surface area (Å²) in [6, 6.07) is 3.55. The zero-order valence-electron chi connectivity index (χ0n) is 9.77. The van der Waals surface area contributed by atoms with Crippen LogP contribution in [0.4, 0.5) is 0 Å².